The maximum atomic E-state index is 11.7. The highest BCUT2D eigenvalue weighted by Gasteiger charge is 2.32. The predicted octanol–water partition coefficient (Wildman–Crippen LogP) is -0.439. The highest BCUT2D eigenvalue weighted by Crippen LogP contribution is 2.23. The number of hydrogen-bond donors (Lipinski definition) is 2. The lowest BCUT2D eigenvalue weighted by atomic mass is 10.1. The van der Waals surface area contributed by atoms with Gasteiger partial charge in [-0.15, -0.1) is 0 Å². The Hall–Kier alpha value is -1.62. The molecule has 1 atom stereocenters. The van der Waals surface area contributed by atoms with Crippen LogP contribution in [0.2, 0.25) is 0 Å². The van der Waals surface area contributed by atoms with Crippen LogP contribution in [-0.2, 0) is 0 Å². The van der Waals surface area contributed by atoms with Gasteiger partial charge in [0.05, 0.1) is 5.56 Å². The smallest absolute Gasteiger partial charge is 0.256 e. The van der Waals surface area contributed by atoms with Gasteiger partial charge in [0.1, 0.15) is 12.0 Å². The largest absolute Gasteiger partial charge is 0.333 e. The van der Waals surface area contributed by atoms with Crippen LogP contribution in [0, 0.1) is 0 Å². The zero-order valence-corrected chi connectivity index (χ0v) is 8.23. The molecule has 2 aliphatic heterocycles. The molecule has 1 fully saturated rings. The van der Waals surface area contributed by atoms with Crippen LogP contribution in [0.15, 0.2) is 18.3 Å². The molecule has 78 valence electrons. The average Bonchev–Trinajstić information content (AvgIpc) is 2.30. The molecule has 1 unspecified atom stereocenters. The number of carbonyl (C=O) groups excluding carboxylic acids is 1. The van der Waals surface area contributed by atoms with Crippen LogP contribution in [0.3, 0.4) is 0 Å². The standard InChI is InChI=1S/C10H12N4O/c15-10-7-2-1-3-12-9(7)14-5-4-11-6-8(14)13-10/h1-3,8,11H,4-6H2,(H,13,15). The summed E-state index contributed by atoms with van der Waals surface area (Å²) in [6.07, 6.45) is 1.78. The summed E-state index contributed by atoms with van der Waals surface area (Å²) >= 11 is 0. The Bertz CT molecular complexity index is 406. The van der Waals surface area contributed by atoms with E-state index in [4.69, 9.17) is 0 Å². The van der Waals surface area contributed by atoms with Crippen LogP contribution in [0.1, 0.15) is 10.4 Å². The van der Waals surface area contributed by atoms with E-state index >= 15 is 0 Å². The van der Waals surface area contributed by atoms with E-state index in [2.05, 4.69) is 20.5 Å². The van der Waals surface area contributed by atoms with Crippen LogP contribution in [0.4, 0.5) is 5.82 Å². The summed E-state index contributed by atoms with van der Waals surface area (Å²) in [5, 5.41) is 6.21. The molecule has 0 bridgehead atoms. The van der Waals surface area contributed by atoms with Crippen molar-refractivity contribution in [1.29, 1.82) is 0 Å². The van der Waals surface area contributed by atoms with Gasteiger partial charge in [-0.05, 0) is 12.1 Å². The number of amides is 1. The maximum absolute atomic E-state index is 11.7. The number of aromatic nitrogens is 1. The molecule has 0 aliphatic carbocycles. The van der Waals surface area contributed by atoms with Crippen molar-refractivity contribution in [3.05, 3.63) is 23.9 Å². The van der Waals surface area contributed by atoms with Crippen molar-refractivity contribution in [3.8, 4) is 0 Å². The van der Waals surface area contributed by atoms with Crippen LogP contribution < -0.4 is 15.5 Å². The molecule has 0 saturated carbocycles. The maximum Gasteiger partial charge on any atom is 0.256 e. The van der Waals surface area contributed by atoms with Crippen molar-refractivity contribution in [1.82, 2.24) is 15.6 Å². The highest BCUT2D eigenvalue weighted by molar-refractivity contribution is 6.01. The first-order chi connectivity index (χ1) is 7.36. The molecule has 0 aromatic carbocycles. The molecule has 3 heterocycles. The second-order valence-corrected chi connectivity index (χ2v) is 3.76. The summed E-state index contributed by atoms with van der Waals surface area (Å²) in [5.41, 5.74) is 0.677. The van der Waals surface area contributed by atoms with E-state index in [1.807, 2.05) is 6.07 Å². The van der Waals surface area contributed by atoms with Crippen molar-refractivity contribution in [3.63, 3.8) is 0 Å². The lowest BCUT2D eigenvalue weighted by Crippen LogP contribution is -2.62. The van der Waals surface area contributed by atoms with Crippen LogP contribution >= 0.6 is 0 Å². The SMILES string of the molecule is O=C1NC2CNCCN2c2ncccc21. The summed E-state index contributed by atoms with van der Waals surface area (Å²) in [4.78, 5) is 18.2. The first-order valence-electron chi connectivity index (χ1n) is 5.09. The van der Waals surface area contributed by atoms with Gasteiger partial charge in [0.25, 0.3) is 5.91 Å². The number of pyridine rings is 1. The number of piperazine rings is 1. The second-order valence-electron chi connectivity index (χ2n) is 3.76. The molecular formula is C10H12N4O. The molecule has 2 N–H and O–H groups in total. The number of nitrogens with zero attached hydrogens (tertiary/aromatic N) is 2. The highest BCUT2D eigenvalue weighted by atomic mass is 16.2. The number of fused-ring (bicyclic) bond motifs is 3. The van der Waals surface area contributed by atoms with Gasteiger partial charge in [0.15, 0.2) is 0 Å². The van der Waals surface area contributed by atoms with Crippen molar-refractivity contribution in [2.45, 2.75) is 6.17 Å². The van der Waals surface area contributed by atoms with E-state index in [1.54, 1.807) is 12.3 Å². The third-order valence-corrected chi connectivity index (χ3v) is 2.84. The van der Waals surface area contributed by atoms with Crippen molar-refractivity contribution >= 4 is 11.7 Å². The van der Waals surface area contributed by atoms with Gasteiger partial charge in [0.2, 0.25) is 0 Å². The topological polar surface area (TPSA) is 57.3 Å². The third-order valence-electron chi connectivity index (χ3n) is 2.84. The summed E-state index contributed by atoms with van der Waals surface area (Å²) < 4.78 is 0. The molecule has 1 aromatic heterocycles. The zero-order chi connectivity index (χ0) is 10.3. The quantitative estimate of drug-likeness (QED) is 0.601. The number of carbonyl (C=O) groups is 1. The van der Waals surface area contributed by atoms with Gasteiger partial charge in [-0.3, -0.25) is 4.79 Å². The summed E-state index contributed by atoms with van der Waals surface area (Å²) in [6, 6.07) is 3.61. The Labute approximate surface area is 87.5 Å². The van der Waals surface area contributed by atoms with Crippen LogP contribution in [0.25, 0.3) is 0 Å². The minimum atomic E-state index is -0.0250. The average molecular weight is 204 g/mol. The molecule has 0 spiro atoms. The van der Waals surface area contributed by atoms with Gasteiger partial charge in [0, 0.05) is 25.8 Å². The van der Waals surface area contributed by atoms with E-state index < -0.39 is 0 Å². The molecule has 1 aromatic rings. The summed E-state index contributed by atoms with van der Waals surface area (Å²) in [7, 11) is 0. The monoisotopic (exact) mass is 204 g/mol. The summed E-state index contributed by atoms with van der Waals surface area (Å²) in [5.74, 6) is 0.788. The van der Waals surface area contributed by atoms with E-state index in [1.165, 1.54) is 0 Å². The van der Waals surface area contributed by atoms with E-state index in [0.29, 0.717) is 5.56 Å². The molecule has 2 aliphatic rings. The first kappa shape index (κ1) is 8.67. The minimum Gasteiger partial charge on any atom is -0.333 e. The first-order valence-corrected chi connectivity index (χ1v) is 5.09. The lowest BCUT2D eigenvalue weighted by Gasteiger charge is -2.41. The second kappa shape index (κ2) is 3.20. The Morgan fingerprint density at radius 3 is 3.40 bits per heavy atom. The molecule has 1 saturated heterocycles. The minimum absolute atomic E-state index is 0.0250. The molecular weight excluding hydrogens is 192 g/mol. The Morgan fingerprint density at radius 2 is 2.47 bits per heavy atom. The van der Waals surface area contributed by atoms with Gasteiger partial charge >= 0.3 is 0 Å². The fourth-order valence-corrected chi connectivity index (χ4v) is 2.12. The molecule has 5 heteroatoms. The molecule has 1 amide bonds. The molecule has 3 rings (SSSR count). The summed E-state index contributed by atoms with van der Waals surface area (Å²) in [6.45, 7) is 2.60. The van der Waals surface area contributed by atoms with Gasteiger partial charge < -0.3 is 15.5 Å². The number of anilines is 1. The number of nitrogens with one attached hydrogen (secondary N) is 2. The van der Waals surface area contributed by atoms with Crippen LogP contribution in [-0.4, -0.2) is 36.7 Å². The van der Waals surface area contributed by atoms with E-state index in [9.17, 15) is 4.79 Å². The fraction of sp³-hybridized carbons (Fsp3) is 0.400. The van der Waals surface area contributed by atoms with Gasteiger partial charge in [-0.1, -0.05) is 0 Å². The van der Waals surface area contributed by atoms with Crippen molar-refractivity contribution in [2.75, 3.05) is 24.5 Å². The fourth-order valence-electron chi connectivity index (χ4n) is 2.12. The predicted molar refractivity (Wildman–Crippen MR) is 55.7 cm³/mol. The third kappa shape index (κ3) is 1.27. The zero-order valence-electron chi connectivity index (χ0n) is 8.23. The van der Waals surface area contributed by atoms with E-state index in [0.717, 1.165) is 25.5 Å². The Balaban J connectivity index is 2.07. The molecule has 0 radical (unpaired) electrons. The van der Waals surface area contributed by atoms with Crippen LogP contribution in [0.5, 0.6) is 0 Å². The number of hydrogen-bond acceptors (Lipinski definition) is 4. The molecule has 5 nitrogen and oxygen atoms in total. The van der Waals surface area contributed by atoms with Gasteiger partial charge in [-0.25, -0.2) is 4.98 Å². The van der Waals surface area contributed by atoms with Crippen molar-refractivity contribution < 1.29 is 4.79 Å². The lowest BCUT2D eigenvalue weighted by molar-refractivity contribution is 0.0922. The normalized spacial score (nSPS) is 24.1. The Kier molecular flexibility index (Phi) is 1.85. The molecule has 15 heavy (non-hydrogen) atoms. The Morgan fingerprint density at radius 1 is 1.53 bits per heavy atom. The van der Waals surface area contributed by atoms with E-state index in [-0.39, 0.29) is 12.1 Å². The van der Waals surface area contributed by atoms with Gasteiger partial charge in [-0.2, -0.15) is 0 Å². The number of rotatable bonds is 0. The van der Waals surface area contributed by atoms with Crippen molar-refractivity contribution in [2.24, 2.45) is 0 Å².